The first-order valence-corrected chi connectivity index (χ1v) is 5.60. The van der Waals surface area contributed by atoms with Crippen LogP contribution in [0.2, 0.25) is 0 Å². The van der Waals surface area contributed by atoms with Gasteiger partial charge in [0.1, 0.15) is 0 Å². The minimum atomic E-state index is -0.0751. The molecule has 0 amide bonds. The minimum Gasteiger partial charge on any atom is -0.377 e. The Labute approximate surface area is 89.4 Å². The molecule has 2 nitrogen and oxygen atoms in total. The van der Waals surface area contributed by atoms with Crippen molar-refractivity contribution in [2.75, 3.05) is 13.7 Å². The van der Waals surface area contributed by atoms with Gasteiger partial charge in [0.2, 0.25) is 0 Å². The number of ether oxygens (including phenoxy) is 1. The van der Waals surface area contributed by atoms with Crippen molar-refractivity contribution in [2.24, 2.45) is 5.41 Å². The predicted octanol–water partition coefficient (Wildman–Crippen LogP) is 2.83. The molecule has 0 aliphatic carbocycles. The summed E-state index contributed by atoms with van der Waals surface area (Å²) in [5.41, 5.74) is 0.144. The van der Waals surface area contributed by atoms with Crippen molar-refractivity contribution in [3.05, 3.63) is 0 Å². The third-order valence-corrected chi connectivity index (χ3v) is 3.05. The number of methoxy groups -OCH3 is 1. The second kappa shape index (κ2) is 5.13. The summed E-state index contributed by atoms with van der Waals surface area (Å²) in [6.07, 6.45) is 1.03. The summed E-state index contributed by atoms with van der Waals surface area (Å²) in [4.78, 5) is 0. The van der Waals surface area contributed by atoms with Gasteiger partial charge in [-0.3, -0.25) is 0 Å². The maximum absolute atomic E-state index is 5.67. The van der Waals surface area contributed by atoms with Crippen LogP contribution < -0.4 is 5.32 Å². The Balaban J connectivity index is 4.79. The fourth-order valence-electron chi connectivity index (χ4n) is 2.11. The Kier molecular flexibility index (Phi) is 5.10. The monoisotopic (exact) mass is 201 g/mol. The van der Waals surface area contributed by atoms with Crippen molar-refractivity contribution >= 4 is 0 Å². The molecule has 0 spiro atoms. The molecule has 2 heteroatoms. The summed E-state index contributed by atoms with van der Waals surface area (Å²) in [6.45, 7) is 14.3. The number of hydrogen-bond acceptors (Lipinski definition) is 2. The lowest BCUT2D eigenvalue weighted by molar-refractivity contribution is -0.0585. The number of likely N-dealkylation sites (N-methyl/N-ethyl adjacent to an activating group) is 1. The average molecular weight is 201 g/mol. The lowest BCUT2D eigenvalue weighted by atomic mass is 9.75. The van der Waals surface area contributed by atoms with Crippen LogP contribution in [0.3, 0.4) is 0 Å². The first-order valence-electron chi connectivity index (χ1n) is 5.60. The average Bonchev–Trinajstić information content (AvgIpc) is 2.11. The molecule has 0 bridgehead atoms. The molecule has 14 heavy (non-hydrogen) atoms. The van der Waals surface area contributed by atoms with Gasteiger partial charge in [0.05, 0.1) is 5.60 Å². The van der Waals surface area contributed by atoms with Crippen LogP contribution in [-0.2, 0) is 4.74 Å². The van der Waals surface area contributed by atoms with E-state index in [0.29, 0.717) is 6.04 Å². The summed E-state index contributed by atoms with van der Waals surface area (Å²) in [6, 6.07) is 0.384. The third-order valence-electron chi connectivity index (χ3n) is 3.05. The fourth-order valence-corrected chi connectivity index (χ4v) is 2.11. The number of hydrogen-bond donors (Lipinski definition) is 1. The summed E-state index contributed by atoms with van der Waals surface area (Å²) < 4.78 is 5.67. The highest BCUT2D eigenvalue weighted by Gasteiger charge is 2.39. The van der Waals surface area contributed by atoms with Crippen molar-refractivity contribution in [3.8, 4) is 0 Å². The molecule has 0 saturated carbocycles. The fraction of sp³-hybridized carbons (Fsp3) is 1.00. The molecule has 0 fully saturated rings. The molecule has 0 aliphatic heterocycles. The van der Waals surface area contributed by atoms with E-state index in [1.54, 1.807) is 7.11 Å². The standard InChI is InChI=1S/C12H27NO/c1-8-12(6,14-7)10(13-9-2)11(3,4)5/h10,13H,8-9H2,1-7H3. The third kappa shape index (κ3) is 3.25. The molecule has 1 N–H and O–H groups in total. The molecule has 2 atom stereocenters. The van der Waals surface area contributed by atoms with Crippen molar-refractivity contribution in [1.82, 2.24) is 5.32 Å². The van der Waals surface area contributed by atoms with E-state index >= 15 is 0 Å². The zero-order chi connectivity index (χ0) is 11.4. The highest BCUT2D eigenvalue weighted by Crippen LogP contribution is 2.32. The molecule has 86 valence electrons. The molecule has 0 aromatic carbocycles. The molecule has 0 aromatic heterocycles. The Morgan fingerprint density at radius 2 is 1.64 bits per heavy atom. The van der Waals surface area contributed by atoms with Crippen LogP contribution in [0.15, 0.2) is 0 Å². The smallest absolute Gasteiger partial charge is 0.0805 e. The maximum Gasteiger partial charge on any atom is 0.0805 e. The van der Waals surface area contributed by atoms with Crippen LogP contribution in [0.5, 0.6) is 0 Å². The zero-order valence-corrected chi connectivity index (χ0v) is 10.9. The van der Waals surface area contributed by atoms with Gasteiger partial charge in [-0.2, -0.15) is 0 Å². The van der Waals surface area contributed by atoms with Gasteiger partial charge in [-0.05, 0) is 25.3 Å². The van der Waals surface area contributed by atoms with Crippen molar-refractivity contribution < 1.29 is 4.74 Å². The van der Waals surface area contributed by atoms with Gasteiger partial charge in [0.15, 0.2) is 0 Å². The van der Waals surface area contributed by atoms with Crippen LogP contribution in [0.1, 0.15) is 48.0 Å². The topological polar surface area (TPSA) is 21.3 Å². The lowest BCUT2D eigenvalue weighted by Crippen LogP contribution is -2.56. The molecule has 0 aliphatic rings. The van der Waals surface area contributed by atoms with Crippen LogP contribution in [0.4, 0.5) is 0 Å². The van der Waals surface area contributed by atoms with E-state index in [9.17, 15) is 0 Å². The molecule has 0 aromatic rings. The van der Waals surface area contributed by atoms with E-state index in [-0.39, 0.29) is 11.0 Å². The van der Waals surface area contributed by atoms with Gasteiger partial charge in [-0.25, -0.2) is 0 Å². The summed E-state index contributed by atoms with van der Waals surface area (Å²) in [7, 11) is 1.81. The Hall–Kier alpha value is -0.0800. The number of nitrogens with one attached hydrogen (secondary N) is 1. The highest BCUT2D eigenvalue weighted by atomic mass is 16.5. The van der Waals surface area contributed by atoms with Crippen LogP contribution in [0, 0.1) is 5.41 Å². The van der Waals surface area contributed by atoms with E-state index < -0.39 is 0 Å². The zero-order valence-electron chi connectivity index (χ0n) is 10.9. The lowest BCUT2D eigenvalue weighted by Gasteiger charge is -2.44. The Morgan fingerprint density at radius 1 is 1.14 bits per heavy atom. The van der Waals surface area contributed by atoms with Crippen LogP contribution in [-0.4, -0.2) is 25.3 Å². The second-order valence-electron chi connectivity index (χ2n) is 5.23. The molecule has 0 rings (SSSR count). The quantitative estimate of drug-likeness (QED) is 0.738. The molecular weight excluding hydrogens is 174 g/mol. The van der Waals surface area contributed by atoms with Crippen LogP contribution in [0.25, 0.3) is 0 Å². The minimum absolute atomic E-state index is 0.0751. The first-order chi connectivity index (χ1) is 6.31. The molecule has 2 unspecified atom stereocenters. The Morgan fingerprint density at radius 3 is 1.86 bits per heavy atom. The van der Waals surface area contributed by atoms with Gasteiger partial charge in [0, 0.05) is 13.2 Å². The Bertz CT molecular complexity index is 156. The number of rotatable bonds is 5. The summed E-state index contributed by atoms with van der Waals surface area (Å²) >= 11 is 0. The summed E-state index contributed by atoms with van der Waals surface area (Å²) in [5.74, 6) is 0. The summed E-state index contributed by atoms with van der Waals surface area (Å²) in [5, 5.41) is 3.54. The normalized spacial score (nSPS) is 19.1. The molecule has 0 heterocycles. The predicted molar refractivity (Wildman–Crippen MR) is 62.6 cm³/mol. The van der Waals surface area contributed by atoms with Crippen LogP contribution >= 0.6 is 0 Å². The molecule has 0 saturated heterocycles. The highest BCUT2D eigenvalue weighted by molar-refractivity contribution is 4.95. The largest absolute Gasteiger partial charge is 0.377 e. The maximum atomic E-state index is 5.67. The van der Waals surface area contributed by atoms with E-state index in [1.807, 2.05) is 0 Å². The van der Waals surface area contributed by atoms with Gasteiger partial charge in [-0.15, -0.1) is 0 Å². The van der Waals surface area contributed by atoms with Crippen molar-refractivity contribution in [2.45, 2.75) is 59.6 Å². The molecular formula is C12H27NO. The van der Waals surface area contributed by atoms with Gasteiger partial charge in [-0.1, -0.05) is 34.6 Å². The van der Waals surface area contributed by atoms with E-state index in [2.05, 4.69) is 46.9 Å². The van der Waals surface area contributed by atoms with E-state index in [0.717, 1.165) is 13.0 Å². The van der Waals surface area contributed by atoms with Crippen molar-refractivity contribution in [1.29, 1.82) is 0 Å². The van der Waals surface area contributed by atoms with Gasteiger partial charge >= 0.3 is 0 Å². The second-order valence-corrected chi connectivity index (χ2v) is 5.23. The first kappa shape index (κ1) is 13.9. The SMILES string of the molecule is CCNC(C(C)(C)C)C(C)(CC)OC. The molecule has 0 radical (unpaired) electrons. The van der Waals surface area contributed by atoms with Crippen molar-refractivity contribution in [3.63, 3.8) is 0 Å². The van der Waals surface area contributed by atoms with Gasteiger partial charge < -0.3 is 10.1 Å². The van der Waals surface area contributed by atoms with E-state index in [4.69, 9.17) is 4.74 Å². The van der Waals surface area contributed by atoms with E-state index in [1.165, 1.54) is 0 Å². The van der Waals surface area contributed by atoms with Gasteiger partial charge in [0.25, 0.3) is 0 Å².